The van der Waals surface area contributed by atoms with E-state index in [4.69, 9.17) is 5.11 Å². The van der Waals surface area contributed by atoms with Crippen LogP contribution in [0.4, 0.5) is 10.6 Å². The van der Waals surface area contributed by atoms with E-state index >= 15 is 0 Å². The van der Waals surface area contributed by atoms with Gasteiger partial charge in [0.1, 0.15) is 0 Å². The van der Waals surface area contributed by atoms with Crippen LogP contribution < -0.4 is 5.32 Å². The van der Waals surface area contributed by atoms with Gasteiger partial charge in [-0.3, -0.25) is 10.00 Å². The molecule has 0 aliphatic rings. The second-order valence-electron chi connectivity index (χ2n) is 4.29. The molecule has 1 rings (SSSR count). The highest BCUT2D eigenvalue weighted by Gasteiger charge is 2.13. The molecule has 102 valence electrons. The molecule has 0 bridgehead atoms. The first-order valence-electron chi connectivity index (χ1n) is 6.26. The molecule has 0 atom stereocenters. The number of aryl methyl sites for hydroxylation is 2. The number of aromatic nitrogens is 2. The summed E-state index contributed by atoms with van der Waals surface area (Å²) in [4.78, 5) is 13.6. The number of hydrogen-bond donors (Lipinski definition) is 2. The molecule has 0 aliphatic heterocycles. The zero-order valence-corrected chi connectivity index (χ0v) is 11.3. The van der Waals surface area contributed by atoms with E-state index in [2.05, 4.69) is 17.3 Å². The van der Waals surface area contributed by atoms with Gasteiger partial charge >= 0.3 is 6.03 Å². The normalized spacial score (nSPS) is 10.4. The molecule has 2 amide bonds. The van der Waals surface area contributed by atoms with Gasteiger partial charge in [0.25, 0.3) is 0 Å². The Morgan fingerprint density at radius 1 is 1.56 bits per heavy atom. The Morgan fingerprint density at radius 2 is 2.28 bits per heavy atom. The Balaban J connectivity index is 2.59. The highest BCUT2D eigenvalue weighted by Crippen LogP contribution is 2.08. The van der Waals surface area contributed by atoms with Gasteiger partial charge in [-0.15, -0.1) is 0 Å². The molecule has 0 radical (unpaired) electrons. The maximum absolute atomic E-state index is 12.0. The Bertz CT molecular complexity index is 370. The molecule has 0 fully saturated rings. The molecule has 18 heavy (non-hydrogen) atoms. The van der Waals surface area contributed by atoms with Gasteiger partial charge in [-0.2, -0.15) is 5.10 Å². The van der Waals surface area contributed by atoms with Crippen molar-refractivity contribution in [3.63, 3.8) is 0 Å². The van der Waals surface area contributed by atoms with Crippen LogP contribution in [0, 0.1) is 6.92 Å². The molecule has 0 aliphatic carbocycles. The van der Waals surface area contributed by atoms with Crippen LogP contribution in [0.3, 0.4) is 0 Å². The smallest absolute Gasteiger partial charge is 0.323 e. The van der Waals surface area contributed by atoms with Crippen molar-refractivity contribution in [2.45, 2.75) is 26.7 Å². The van der Waals surface area contributed by atoms with Gasteiger partial charge in [-0.25, -0.2) is 4.79 Å². The second kappa shape index (κ2) is 7.00. The lowest BCUT2D eigenvalue weighted by Gasteiger charge is -2.21. The van der Waals surface area contributed by atoms with E-state index in [1.54, 1.807) is 9.58 Å². The van der Waals surface area contributed by atoms with Crippen LogP contribution in [0.15, 0.2) is 6.07 Å². The molecule has 0 aromatic carbocycles. The van der Waals surface area contributed by atoms with Crippen molar-refractivity contribution in [3.05, 3.63) is 11.8 Å². The zero-order valence-electron chi connectivity index (χ0n) is 11.3. The summed E-state index contributed by atoms with van der Waals surface area (Å²) in [6.07, 6.45) is 1.94. The topological polar surface area (TPSA) is 70.4 Å². The number of unbranched alkanes of at least 4 members (excludes halogenated alkanes) is 1. The van der Waals surface area contributed by atoms with Crippen molar-refractivity contribution < 1.29 is 9.90 Å². The lowest BCUT2D eigenvalue weighted by Crippen LogP contribution is -2.37. The second-order valence-corrected chi connectivity index (χ2v) is 4.29. The highest BCUT2D eigenvalue weighted by atomic mass is 16.3. The summed E-state index contributed by atoms with van der Waals surface area (Å²) >= 11 is 0. The number of urea groups is 1. The predicted molar refractivity (Wildman–Crippen MR) is 70.5 cm³/mol. The number of carbonyl (C=O) groups is 1. The van der Waals surface area contributed by atoms with Crippen LogP contribution in [0.25, 0.3) is 0 Å². The molecule has 0 saturated heterocycles. The summed E-state index contributed by atoms with van der Waals surface area (Å²) in [5, 5.41) is 15.9. The fraction of sp³-hybridized carbons (Fsp3) is 0.667. The summed E-state index contributed by atoms with van der Waals surface area (Å²) in [5.41, 5.74) is 0.979. The number of aliphatic hydroxyl groups excluding tert-OH is 1. The van der Waals surface area contributed by atoms with Crippen molar-refractivity contribution >= 4 is 11.8 Å². The van der Waals surface area contributed by atoms with Gasteiger partial charge in [0.2, 0.25) is 0 Å². The van der Waals surface area contributed by atoms with E-state index in [9.17, 15) is 4.79 Å². The first kappa shape index (κ1) is 14.5. The molecule has 2 N–H and O–H groups in total. The fourth-order valence-corrected chi connectivity index (χ4v) is 1.59. The number of nitrogens with zero attached hydrogens (tertiary/aromatic N) is 3. The highest BCUT2D eigenvalue weighted by molar-refractivity contribution is 5.88. The average Bonchev–Trinajstić information content (AvgIpc) is 2.63. The van der Waals surface area contributed by atoms with Crippen molar-refractivity contribution in [1.29, 1.82) is 0 Å². The van der Waals surface area contributed by atoms with Crippen LogP contribution >= 0.6 is 0 Å². The molecular weight excluding hydrogens is 232 g/mol. The first-order valence-corrected chi connectivity index (χ1v) is 6.26. The Labute approximate surface area is 108 Å². The maximum Gasteiger partial charge on any atom is 0.323 e. The van der Waals surface area contributed by atoms with Crippen molar-refractivity contribution in [2.75, 3.05) is 25.0 Å². The van der Waals surface area contributed by atoms with Crippen LogP contribution in [0.5, 0.6) is 0 Å². The molecular formula is C12H22N4O2. The minimum absolute atomic E-state index is 0.0294. The Hall–Kier alpha value is -1.56. The third kappa shape index (κ3) is 4.03. The van der Waals surface area contributed by atoms with E-state index in [1.807, 2.05) is 20.0 Å². The number of nitrogens with one attached hydrogen (secondary N) is 1. The number of hydrogen-bond acceptors (Lipinski definition) is 3. The van der Waals surface area contributed by atoms with Crippen LogP contribution in [0.1, 0.15) is 25.5 Å². The predicted octanol–water partition coefficient (Wildman–Crippen LogP) is 1.35. The number of rotatable bonds is 6. The minimum atomic E-state index is -0.212. The summed E-state index contributed by atoms with van der Waals surface area (Å²) in [6.45, 7) is 4.95. The summed E-state index contributed by atoms with van der Waals surface area (Å²) in [7, 11) is 1.83. The third-order valence-corrected chi connectivity index (χ3v) is 2.79. The third-order valence-electron chi connectivity index (χ3n) is 2.79. The van der Waals surface area contributed by atoms with Gasteiger partial charge in [0.05, 0.1) is 6.61 Å². The van der Waals surface area contributed by atoms with E-state index in [0.717, 1.165) is 18.5 Å². The van der Waals surface area contributed by atoms with Crippen LogP contribution in [-0.2, 0) is 7.05 Å². The molecule has 1 heterocycles. The van der Waals surface area contributed by atoms with E-state index in [0.29, 0.717) is 18.9 Å². The summed E-state index contributed by atoms with van der Waals surface area (Å²) < 4.78 is 1.71. The largest absolute Gasteiger partial charge is 0.395 e. The molecule has 0 spiro atoms. The lowest BCUT2D eigenvalue weighted by molar-refractivity contribution is 0.187. The fourth-order valence-electron chi connectivity index (χ4n) is 1.59. The zero-order chi connectivity index (χ0) is 13.5. The van der Waals surface area contributed by atoms with Crippen molar-refractivity contribution in [1.82, 2.24) is 14.7 Å². The van der Waals surface area contributed by atoms with Crippen LogP contribution in [0.2, 0.25) is 0 Å². The van der Waals surface area contributed by atoms with Crippen molar-refractivity contribution in [2.24, 2.45) is 7.05 Å². The monoisotopic (exact) mass is 254 g/mol. The molecule has 1 aromatic rings. The molecule has 6 nitrogen and oxygen atoms in total. The average molecular weight is 254 g/mol. The summed E-state index contributed by atoms with van der Waals surface area (Å²) in [6, 6.07) is 1.60. The molecule has 0 saturated carbocycles. The quantitative estimate of drug-likeness (QED) is 0.805. The minimum Gasteiger partial charge on any atom is -0.395 e. The Kier molecular flexibility index (Phi) is 5.64. The summed E-state index contributed by atoms with van der Waals surface area (Å²) in [5.74, 6) is 0.541. The van der Waals surface area contributed by atoms with Gasteiger partial charge in [0.15, 0.2) is 5.82 Å². The molecule has 0 unspecified atom stereocenters. The van der Waals surface area contributed by atoms with Crippen molar-refractivity contribution in [3.8, 4) is 0 Å². The number of anilines is 1. The molecule has 1 aromatic heterocycles. The van der Waals surface area contributed by atoms with Gasteiger partial charge < -0.3 is 10.0 Å². The van der Waals surface area contributed by atoms with Gasteiger partial charge in [0, 0.05) is 31.9 Å². The maximum atomic E-state index is 12.0. The number of amides is 2. The van der Waals surface area contributed by atoms with E-state index < -0.39 is 0 Å². The van der Waals surface area contributed by atoms with E-state index in [-0.39, 0.29) is 12.6 Å². The van der Waals surface area contributed by atoms with Crippen LogP contribution in [-0.4, -0.2) is 45.5 Å². The van der Waals surface area contributed by atoms with Gasteiger partial charge in [-0.1, -0.05) is 13.3 Å². The number of carbonyl (C=O) groups excluding carboxylic acids is 1. The number of aliphatic hydroxyl groups is 1. The Morgan fingerprint density at radius 3 is 2.78 bits per heavy atom. The first-order chi connectivity index (χ1) is 8.58. The molecule has 6 heteroatoms. The van der Waals surface area contributed by atoms with E-state index in [1.165, 1.54) is 0 Å². The SMILES string of the molecule is CCCCN(CCO)C(=O)Nc1cc(C)n(C)n1. The van der Waals surface area contributed by atoms with Gasteiger partial charge in [-0.05, 0) is 13.3 Å². The lowest BCUT2D eigenvalue weighted by atomic mass is 10.3. The standard InChI is InChI=1S/C12H22N4O2/c1-4-5-6-16(7-8-17)12(18)13-11-9-10(2)15(3)14-11/h9,17H,4-8H2,1-3H3,(H,13,14,18).